The molecule has 2 aromatic rings. The Bertz CT molecular complexity index is 834. The first-order valence-electron chi connectivity index (χ1n) is 10.6. The molecule has 3 rings (SSSR count). The monoisotopic (exact) mass is 554 g/mol. The van der Waals surface area contributed by atoms with E-state index in [1.54, 1.807) is 11.8 Å². The number of hydrogen-bond donors (Lipinski definition) is 2. The summed E-state index contributed by atoms with van der Waals surface area (Å²) in [6, 6.07) is 10.8. The second-order valence-corrected chi connectivity index (χ2v) is 8.53. The molecule has 1 aromatic carbocycles. The molecule has 0 spiro atoms. The molecule has 1 aromatic heterocycles. The van der Waals surface area contributed by atoms with Gasteiger partial charge in [-0.25, -0.2) is 9.98 Å². The number of rotatable bonds is 7. The van der Waals surface area contributed by atoms with Crippen LogP contribution in [0.5, 0.6) is 0 Å². The van der Waals surface area contributed by atoms with Crippen molar-refractivity contribution in [2.45, 2.75) is 31.8 Å². The van der Waals surface area contributed by atoms with Crippen molar-refractivity contribution in [3.63, 3.8) is 0 Å². The number of nitrogens with one attached hydrogen (secondary N) is 2. The van der Waals surface area contributed by atoms with Gasteiger partial charge in [-0.2, -0.15) is 0 Å². The van der Waals surface area contributed by atoms with Crippen LogP contribution in [0.1, 0.15) is 23.6 Å². The molecule has 2 N–H and O–H groups in total. The molecule has 1 aliphatic rings. The van der Waals surface area contributed by atoms with E-state index in [1.165, 1.54) is 16.0 Å². The van der Waals surface area contributed by atoms with E-state index in [0.717, 1.165) is 56.6 Å². The standard InChI is InChI=1S/C23H34N6S.HI/c1-5-24-23(27-17-20-8-6-18(2)14-21(20)30-4)26-16-19-7-9-22(25-15-19)29-12-10-28(3)11-13-29;/h6-9,14-15H,5,10-13,16-17H2,1-4H3,(H2,24,26,27);1H. The summed E-state index contributed by atoms with van der Waals surface area (Å²) in [5.41, 5.74) is 3.69. The normalized spacial score (nSPS) is 14.8. The van der Waals surface area contributed by atoms with Gasteiger partial charge in [-0.3, -0.25) is 0 Å². The Labute approximate surface area is 208 Å². The van der Waals surface area contributed by atoms with Crippen molar-refractivity contribution in [3.05, 3.63) is 53.2 Å². The van der Waals surface area contributed by atoms with Gasteiger partial charge in [0.1, 0.15) is 5.82 Å². The van der Waals surface area contributed by atoms with Gasteiger partial charge in [0.2, 0.25) is 0 Å². The van der Waals surface area contributed by atoms with Crippen LogP contribution in [-0.4, -0.2) is 61.9 Å². The van der Waals surface area contributed by atoms with Crippen molar-refractivity contribution >= 4 is 47.5 Å². The Kier molecular flexibility index (Phi) is 10.9. The minimum Gasteiger partial charge on any atom is -0.357 e. The quantitative estimate of drug-likeness (QED) is 0.236. The van der Waals surface area contributed by atoms with Gasteiger partial charge in [0, 0.05) is 50.4 Å². The summed E-state index contributed by atoms with van der Waals surface area (Å²) in [6.45, 7) is 10.6. The van der Waals surface area contributed by atoms with Crippen LogP contribution >= 0.6 is 35.7 Å². The minimum absolute atomic E-state index is 0. The maximum absolute atomic E-state index is 4.75. The lowest BCUT2D eigenvalue weighted by Gasteiger charge is -2.33. The van der Waals surface area contributed by atoms with Crippen LogP contribution in [0.3, 0.4) is 0 Å². The van der Waals surface area contributed by atoms with Crippen molar-refractivity contribution < 1.29 is 0 Å². The number of nitrogens with zero attached hydrogens (tertiary/aromatic N) is 4. The number of hydrogen-bond acceptors (Lipinski definition) is 5. The van der Waals surface area contributed by atoms with Crippen molar-refractivity contribution in [1.29, 1.82) is 0 Å². The van der Waals surface area contributed by atoms with Crippen LogP contribution in [0.4, 0.5) is 5.82 Å². The summed E-state index contributed by atoms with van der Waals surface area (Å²) in [5, 5.41) is 6.80. The lowest BCUT2D eigenvalue weighted by Crippen LogP contribution is -2.44. The Morgan fingerprint density at radius 2 is 1.90 bits per heavy atom. The van der Waals surface area contributed by atoms with Gasteiger partial charge in [-0.1, -0.05) is 18.2 Å². The highest BCUT2D eigenvalue weighted by Gasteiger charge is 2.14. The van der Waals surface area contributed by atoms with Gasteiger partial charge < -0.3 is 20.4 Å². The van der Waals surface area contributed by atoms with Gasteiger partial charge in [0.15, 0.2) is 5.96 Å². The lowest BCUT2D eigenvalue weighted by atomic mass is 10.1. The summed E-state index contributed by atoms with van der Waals surface area (Å²) in [7, 11) is 2.17. The number of benzene rings is 1. The van der Waals surface area contributed by atoms with E-state index in [9.17, 15) is 0 Å². The van der Waals surface area contributed by atoms with E-state index >= 15 is 0 Å². The first kappa shape index (κ1) is 25.7. The van der Waals surface area contributed by atoms with Crippen molar-refractivity contribution in [1.82, 2.24) is 20.5 Å². The Morgan fingerprint density at radius 3 is 2.55 bits per heavy atom. The summed E-state index contributed by atoms with van der Waals surface area (Å²) >= 11 is 1.78. The molecule has 6 nitrogen and oxygen atoms in total. The predicted octanol–water partition coefficient (Wildman–Crippen LogP) is 3.74. The van der Waals surface area contributed by atoms with Crippen LogP contribution in [0.15, 0.2) is 46.4 Å². The first-order chi connectivity index (χ1) is 14.6. The highest BCUT2D eigenvalue weighted by Crippen LogP contribution is 2.21. The zero-order valence-corrected chi connectivity index (χ0v) is 22.2. The van der Waals surface area contributed by atoms with Gasteiger partial charge in [-0.05, 0) is 56.0 Å². The zero-order chi connectivity index (χ0) is 21.3. The summed E-state index contributed by atoms with van der Waals surface area (Å²) in [6.07, 6.45) is 4.07. The van der Waals surface area contributed by atoms with E-state index in [2.05, 4.69) is 82.9 Å². The second-order valence-electron chi connectivity index (χ2n) is 7.68. The van der Waals surface area contributed by atoms with Crippen LogP contribution in [0.2, 0.25) is 0 Å². The first-order valence-corrected chi connectivity index (χ1v) is 11.9. The number of halogens is 1. The average molecular weight is 555 g/mol. The number of anilines is 1. The molecule has 0 unspecified atom stereocenters. The number of guanidine groups is 1. The van der Waals surface area contributed by atoms with Gasteiger partial charge in [-0.15, -0.1) is 35.7 Å². The molecule has 0 aliphatic carbocycles. The minimum atomic E-state index is 0. The highest BCUT2D eigenvalue weighted by atomic mass is 127. The van der Waals surface area contributed by atoms with E-state index in [0.29, 0.717) is 6.54 Å². The van der Waals surface area contributed by atoms with E-state index in [1.807, 2.05) is 6.20 Å². The molecular formula is C23H35IN6S. The number of pyridine rings is 1. The zero-order valence-electron chi connectivity index (χ0n) is 19.0. The molecule has 8 heteroatoms. The fourth-order valence-electron chi connectivity index (χ4n) is 3.42. The molecule has 0 atom stereocenters. The van der Waals surface area contributed by atoms with E-state index in [4.69, 9.17) is 4.99 Å². The maximum atomic E-state index is 4.75. The topological polar surface area (TPSA) is 55.8 Å². The molecule has 1 fully saturated rings. The molecule has 1 aliphatic heterocycles. The molecule has 0 amide bonds. The Balaban J connectivity index is 0.00000341. The molecule has 0 radical (unpaired) electrons. The van der Waals surface area contributed by atoms with Crippen molar-refractivity contribution in [2.24, 2.45) is 4.99 Å². The number of piperazine rings is 1. The lowest BCUT2D eigenvalue weighted by molar-refractivity contribution is 0.312. The molecule has 170 valence electrons. The third kappa shape index (κ3) is 7.84. The molecule has 2 heterocycles. The van der Waals surface area contributed by atoms with Crippen LogP contribution in [0.25, 0.3) is 0 Å². The van der Waals surface area contributed by atoms with Gasteiger partial charge >= 0.3 is 0 Å². The average Bonchev–Trinajstić information content (AvgIpc) is 2.77. The molecule has 0 saturated carbocycles. The molecule has 31 heavy (non-hydrogen) atoms. The van der Waals surface area contributed by atoms with Crippen LogP contribution in [-0.2, 0) is 13.1 Å². The summed E-state index contributed by atoms with van der Waals surface area (Å²) in [5.74, 6) is 1.89. The van der Waals surface area contributed by atoms with E-state index in [-0.39, 0.29) is 24.0 Å². The van der Waals surface area contributed by atoms with Crippen LogP contribution in [0, 0.1) is 6.92 Å². The Morgan fingerprint density at radius 1 is 1.13 bits per heavy atom. The van der Waals surface area contributed by atoms with Crippen molar-refractivity contribution in [3.8, 4) is 0 Å². The molecule has 0 bridgehead atoms. The second kappa shape index (κ2) is 13.1. The predicted molar refractivity (Wildman–Crippen MR) is 144 cm³/mol. The van der Waals surface area contributed by atoms with Gasteiger partial charge in [0.25, 0.3) is 0 Å². The van der Waals surface area contributed by atoms with E-state index < -0.39 is 0 Å². The smallest absolute Gasteiger partial charge is 0.191 e. The maximum Gasteiger partial charge on any atom is 0.191 e. The fraction of sp³-hybridized carbons (Fsp3) is 0.478. The number of likely N-dealkylation sites (N-methyl/N-ethyl adjacent to an activating group) is 1. The summed E-state index contributed by atoms with van der Waals surface area (Å²) < 4.78 is 0. The highest BCUT2D eigenvalue weighted by molar-refractivity contribution is 14.0. The Hall–Kier alpha value is -1.52. The fourth-order valence-corrected chi connectivity index (χ4v) is 4.13. The number of aliphatic imine (C=N–C) groups is 1. The number of aromatic nitrogens is 1. The third-order valence-electron chi connectivity index (χ3n) is 5.29. The van der Waals surface area contributed by atoms with Crippen molar-refractivity contribution in [2.75, 3.05) is 50.9 Å². The number of aryl methyl sites for hydroxylation is 1. The van der Waals surface area contributed by atoms with Gasteiger partial charge in [0.05, 0.1) is 6.54 Å². The number of thioether (sulfide) groups is 1. The van der Waals surface area contributed by atoms with Crippen LogP contribution < -0.4 is 15.5 Å². The largest absolute Gasteiger partial charge is 0.357 e. The molecular weight excluding hydrogens is 519 g/mol. The third-order valence-corrected chi connectivity index (χ3v) is 6.11. The molecule has 1 saturated heterocycles. The SMILES string of the molecule is CCNC(=NCc1ccc(N2CCN(C)CC2)nc1)NCc1ccc(C)cc1SC.I. The summed E-state index contributed by atoms with van der Waals surface area (Å²) in [4.78, 5) is 15.4.